The molecule has 1 heterocycles. The Morgan fingerprint density at radius 3 is 2.86 bits per heavy atom. The Bertz CT molecular complexity index is 322. The molecule has 1 aromatic rings. The highest BCUT2D eigenvalue weighted by molar-refractivity contribution is 5.66. The number of hydrogen-bond acceptors (Lipinski definition) is 3. The van der Waals surface area contributed by atoms with Crippen molar-refractivity contribution in [3.8, 4) is 0 Å². The number of nitrogens with one attached hydrogen (secondary N) is 1. The van der Waals surface area contributed by atoms with Crippen molar-refractivity contribution in [2.45, 2.75) is 13.5 Å². The number of hydrogen-bond donors (Lipinski definition) is 2. The quantitative estimate of drug-likeness (QED) is 0.755. The Labute approximate surface area is 84.9 Å². The van der Waals surface area contributed by atoms with E-state index in [1.807, 2.05) is 0 Å². The topological polar surface area (TPSA) is 41.3 Å². The van der Waals surface area contributed by atoms with Gasteiger partial charge in [-0.05, 0) is 30.7 Å². The van der Waals surface area contributed by atoms with Crippen molar-refractivity contribution in [3.63, 3.8) is 0 Å². The van der Waals surface area contributed by atoms with Crippen LogP contribution in [-0.4, -0.2) is 19.6 Å². The fourth-order valence-electron chi connectivity index (χ4n) is 1.80. The number of benzene rings is 1. The van der Waals surface area contributed by atoms with Crippen molar-refractivity contribution >= 4 is 11.4 Å². The van der Waals surface area contributed by atoms with Gasteiger partial charge in [0.1, 0.15) is 0 Å². The Morgan fingerprint density at radius 2 is 2.36 bits per heavy atom. The lowest BCUT2D eigenvalue weighted by Gasteiger charge is -2.27. The SMILES string of the molecule is CCN(CCN)c1ccc2c(c1)CN2. The number of anilines is 2. The molecular weight excluding hydrogens is 174 g/mol. The van der Waals surface area contributed by atoms with E-state index in [0.717, 1.165) is 19.6 Å². The second kappa shape index (κ2) is 3.88. The highest BCUT2D eigenvalue weighted by Gasteiger charge is 2.13. The molecule has 0 unspecified atom stereocenters. The van der Waals surface area contributed by atoms with E-state index in [-0.39, 0.29) is 0 Å². The van der Waals surface area contributed by atoms with Crippen LogP contribution in [0.25, 0.3) is 0 Å². The van der Waals surface area contributed by atoms with E-state index in [4.69, 9.17) is 5.73 Å². The van der Waals surface area contributed by atoms with Crippen LogP contribution in [0.15, 0.2) is 18.2 Å². The lowest BCUT2D eigenvalue weighted by molar-refractivity contribution is 0.815. The Hall–Kier alpha value is -1.22. The molecule has 0 spiro atoms. The summed E-state index contributed by atoms with van der Waals surface area (Å²) in [6.07, 6.45) is 0. The van der Waals surface area contributed by atoms with Crippen LogP contribution in [0.5, 0.6) is 0 Å². The van der Waals surface area contributed by atoms with Gasteiger partial charge >= 0.3 is 0 Å². The van der Waals surface area contributed by atoms with Crippen LogP contribution >= 0.6 is 0 Å². The maximum atomic E-state index is 5.57. The third-order valence-corrected chi connectivity index (χ3v) is 2.70. The van der Waals surface area contributed by atoms with Crippen molar-refractivity contribution in [1.29, 1.82) is 0 Å². The molecule has 1 aliphatic rings. The lowest BCUT2D eigenvalue weighted by atomic mass is 10.1. The number of nitrogens with two attached hydrogens (primary N) is 1. The third-order valence-electron chi connectivity index (χ3n) is 2.70. The molecule has 3 N–H and O–H groups in total. The highest BCUT2D eigenvalue weighted by Crippen LogP contribution is 2.29. The maximum Gasteiger partial charge on any atom is 0.0422 e. The van der Waals surface area contributed by atoms with Crippen molar-refractivity contribution in [3.05, 3.63) is 23.8 Å². The van der Waals surface area contributed by atoms with Gasteiger partial charge in [-0.25, -0.2) is 0 Å². The molecule has 14 heavy (non-hydrogen) atoms. The first-order valence-electron chi connectivity index (χ1n) is 5.17. The molecule has 0 aromatic heterocycles. The van der Waals surface area contributed by atoms with Gasteiger partial charge in [0.25, 0.3) is 0 Å². The van der Waals surface area contributed by atoms with Gasteiger partial charge in [0.2, 0.25) is 0 Å². The minimum atomic E-state index is 0.711. The average Bonchev–Trinajstić information content (AvgIpc) is 2.17. The Morgan fingerprint density at radius 1 is 1.50 bits per heavy atom. The van der Waals surface area contributed by atoms with Crippen molar-refractivity contribution in [2.24, 2.45) is 5.73 Å². The summed E-state index contributed by atoms with van der Waals surface area (Å²) in [4.78, 5) is 2.30. The van der Waals surface area contributed by atoms with Crippen LogP contribution in [0.4, 0.5) is 11.4 Å². The molecule has 0 amide bonds. The van der Waals surface area contributed by atoms with E-state index in [0.29, 0.717) is 6.54 Å². The van der Waals surface area contributed by atoms with E-state index in [2.05, 4.69) is 35.3 Å². The van der Waals surface area contributed by atoms with Gasteiger partial charge in [0.15, 0.2) is 0 Å². The van der Waals surface area contributed by atoms with Crippen LogP contribution in [-0.2, 0) is 6.54 Å². The summed E-state index contributed by atoms with van der Waals surface area (Å²) in [6, 6.07) is 6.56. The summed E-state index contributed by atoms with van der Waals surface area (Å²) in [5, 5.41) is 3.26. The predicted molar refractivity (Wildman–Crippen MR) is 60.7 cm³/mol. The zero-order chi connectivity index (χ0) is 9.97. The van der Waals surface area contributed by atoms with Crippen molar-refractivity contribution < 1.29 is 0 Å². The lowest BCUT2D eigenvalue weighted by Crippen LogP contribution is -2.29. The molecule has 3 nitrogen and oxygen atoms in total. The number of nitrogens with zero attached hydrogens (tertiary/aromatic N) is 1. The van der Waals surface area contributed by atoms with Gasteiger partial charge in [-0.1, -0.05) is 0 Å². The Balaban J connectivity index is 2.17. The zero-order valence-corrected chi connectivity index (χ0v) is 8.59. The molecule has 1 aliphatic heterocycles. The average molecular weight is 191 g/mol. The van der Waals surface area contributed by atoms with E-state index in [9.17, 15) is 0 Å². The normalized spacial score (nSPS) is 12.7. The first-order valence-corrected chi connectivity index (χ1v) is 5.17. The van der Waals surface area contributed by atoms with Gasteiger partial charge < -0.3 is 16.0 Å². The first kappa shape index (κ1) is 9.34. The fourth-order valence-corrected chi connectivity index (χ4v) is 1.80. The van der Waals surface area contributed by atoms with Crippen molar-refractivity contribution in [2.75, 3.05) is 29.9 Å². The summed E-state index contributed by atoms with van der Waals surface area (Å²) in [5.74, 6) is 0. The smallest absolute Gasteiger partial charge is 0.0422 e. The van der Waals surface area contributed by atoms with Crippen LogP contribution < -0.4 is 16.0 Å². The minimum absolute atomic E-state index is 0.711. The number of likely N-dealkylation sites (N-methyl/N-ethyl adjacent to an activating group) is 1. The fraction of sp³-hybridized carbons (Fsp3) is 0.455. The van der Waals surface area contributed by atoms with E-state index >= 15 is 0 Å². The predicted octanol–water partition coefficient (Wildman–Crippen LogP) is 1.40. The largest absolute Gasteiger partial charge is 0.381 e. The number of fused-ring (bicyclic) bond motifs is 1. The summed E-state index contributed by atoms with van der Waals surface area (Å²) in [7, 11) is 0. The molecule has 76 valence electrons. The van der Waals surface area contributed by atoms with Gasteiger partial charge in [-0.2, -0.15) is 0 Å². The number of rotatable bonds is 4. The first-order chi connectivity index (χ1) is 6.85. The second-order valence-corrected chi connectivity index (χ2v) is 3.56. The van der Waals surface area contributed by atoms with Gasteiger partial charge in [-0.15, -0.1) is 0 Å². The molecular formula is C11H17N3. The summed E-state index contributed by atoms with van der Waals surface area (Å²) in [6.45, 7) is 5.83. The molecule has 0 aliphatic carbocycles. The molecule has 0 bridgehead atoms. The molecule has 0 saturated carbocycles. The highest BCUT2D eigenvalue weighted by atomic mass is 15.1. The Kier molecular flexibility index (Phi) is 2.59. The van der Waals surface area contributed by atoms with Gasteiger partial charge in [-0.3, -0.25) is 0 Å². The van der Waals surface area contributed by atoms with Crippen LogP contribution in [0.3, 0.4) is 0 Å². The van der Waals surface area contributed by atoms with Gasteiger partial charge in [0.05, 0.1) is 0 Å². The van der Waals surface area contributed by atoms with E-state index in [1.165, 1.54) is 16.9 Å². The molecule has 2 rings (SSSR count). The monoisotopic (exact) mass is 191 g/mol. The second-order valence-electron chi connectivity index (χ2n) is 3.56. The molecule has 0 radical (unpaired) electrons. The van der Waals surface area contributed by atoms with Crippen LogP contribution in [0.2, 0.25) is 0 Å². The van der Waals surface area contributed by atoms with Crippen LogP contribution in [0, 0.1) is 0 Å². The van der Waals surface area contributed by atoms with Gasteiger partial charge in [0, 0.05) is 37.6 Å². The summed E-state index contributed by atoms with van der Waals surface area (Å²) >= 11 is 0. The maximum absolute atomic E-state index is 5.57. The molecule has 0 fully saturated rings. The van der Waals surface area contributed by atoms with Crippen molar-refractivity contribution in [1.82, 2.24) is 0 Å². The molecule has 3 heteroatoms. The minimum Gasteiger partial charge on any atom is -0.381 e. The molecule has 0 saturated heterocycles. The zero-order valence-electron chi connectivity index (χ0n) is 8.59. The standard InChI is InChI=1S/C11H17N3/c1-2-14(6-5-12)10-3-4-11-9(7-10)8-13-11/h3-4,7,13H,2,5-6,8,12H2,1H3. The molecule has 1 aromatic carbocycles. The molecule has 0 atom stereocenters. The van der Waals surface area contributed by atoms with E-state index in [1.54, 1.807) is 0 Å². The van der Waals surface area contributed by atoms with E-state index < -0.39 is 0 Å². The summed E-state index contributed by atoms with van der Waals surface area (Å²) < 4.78 is 0. The van der Waals surface area contributed by atoms with Crippen LogP contribution in [0.1, 0.15) is 12.5 Å². The third kappa shape index (κ3) is 1.55. The summed E-state index contributed by atoms with van der Waals surface area (Å²) in [5.41, 5.74) is 9.55.